The van der Waals surface area contributed by atoms with Crippen molar-refractivity contribution < 1.29 is 8.42 Å². The van der Waals surface area contributed by atoms with Crippen LogP contribution in [0.25, 0.3) is 11.3 Å². The minimum atomic E-state index is -3.44. The van der Waals surface area contributed by atoms with Gasteiger partial charge in [0, 0.05) is 25.0 Å². The summed E-state index contributed by atoms with van der Waals surface area (Å²) in [6.07, 6.45) is 6.26. The number of benzene rings is 2. The van der Waals surface area contributed by atoms with Gasteiger partial charge in [-0.1, -0.05) is 56.0 Å². The van der Waals surface area contributed by atoms with Crippen LogP contribution >= 0.6 is 11.3 Å². The predicted molar refractivity (Wildman–Crippen MR) is 136 cm³/mol. The molecule has 1 aliphatic rings. The summed E-state index contributed by atoms with van der Waals surface area (Å²) < 4.78 is 30.2. The second-order valence-electron chi connectivity index (χ2n) is 8.70. The predicted octanol–water partition coefficient (Wildman–Crippen LogP) is 6.12. The molecule has 0 aliphatic carbocycles. The molecule has 0 amide bonds. The first-order valence-corrected chi connectivity index (χ1v) is 14.2. The highest BCUT2D eigenvalue weighted by molar-refractivity contribution is 7.89. The van der Waals surface area contributed by atoms with Gasteiger partial charge in [-0.05, 0) is 56.0 Å². The maximum Gasteiger partial charge on any atom is 0.243 e. The van der Waals surface area contributed by atoms with Crippen molar-refractivity contribution in [1.82, 2.24) is 8.87 Å². The van der Waals surface area contributed by atoms with Crippen LogP contribution in [-0.4, -0.2) is 30.4 Å². The van der Waals surface area contributed by atoms with Crippen LogP contribution in [0, 0.1) is 6.92 Å². The number of hydrogen-bond donors (Lipinski definition) is 0. The first-order valence-electron chi connectivity index (χ1n) is 11.9. The zero-order valence-electron chi connectivity index (χ0n) is 19.5. The van der Waals surface area contributed by atoms with Gasteiger partial charge in [0.25, 0.3) is 0 Å². The zero-order chi connectivity index (χ0) is 23.3. The Morgan fingerprint density at radius 1 is 0.939 bits per heavy atom. The van der Waals surface area contributed by atoms with Crippen LogP contribution in [0.15, 0.2) is 63.8 Å². The third kappa shape index (κ3) is 5.65. The van der Waals surface area contributed by atoms with Crippen molar-refractivity contribution >= 4 is 27.0 Å². The number of sulfonamides is 1. The van der Waals surface area contributed by atoms with E-state index in [2.05, 4.69) is 35.9 Å². The van der Waals surface area contributed by atoms with Gasteiger partial charge in [0.2, 0.25) is 10.0 Å². The quantitative estimate of drug-likeness (QED) is 0.406. The van der Waals surface area contributed by atoms with Crippen molar-refractivity contribution in [2.24, 2.45) is 4.99 Å². The van der Waals surface area contributed by atoms with Crippen LogP contribution in [-0.2, 0) is 16.6 Å². The van der Waals surface area contributed by atoms with Gasteiger partial charge in [-0.15, -0.1) is 11.3 Å². The second kappa shape index (κ2) is 10.8. The first-order chi connectivity index (χ1) is 16.0. The van der Waals surface area contributed by atoms with Crippen LogP contribution < -0.4 is 4.80 Å². The monoisotopic (exact) mass is 483 g/mol. The lowest BCUT2D eigenvalue weighted by Gasteiger charge is -2.20. The van der Waals surface area contributed by atoms with Gasteiger partial charge in [0.05, 0.1) is 16.3 Å². The summed E-state index contributed by atoms with van der Waals surface area (Å²) in [6, 6.07) is 15.6. The number of aromatic nitrogens is 1. The van der Waals surface area contributed by atoms with Gasteiger partial charge >= 0.3 is 0 Å². The lowest BCUT2D eigenvalue weighted by Crippen LogP contribution is -2.31. The van der Waals surface area contributed by atoms with Crippen molar-refractivity contribution in [2.45, 2.75) is 63.8 Å². The fourth-order valence-electron chi connectivity index (χ4n) is 4.14. The molecule has 3 aromatic rings. The normalized spacial score (nSPS) is 16.1. The van der Waals surface area contributed by atoms with Gasteiger partial charge in [-0.2, -0.15) is 4.31 Å². The second-order valence-corrected chi connectivity index (χ2v) is 11.5. The van der Waals surface area contributed by atoms with Gasteiger partial charge < -0.3 is 4.57 Å². The summed E-state index contributed by atoms with van der Waals surface area (Å²) in [7, 11) is -3.44. The van der Waals surface area contributed by atoms with E-state index in [4.69, 9.17) is 4.99 Å². The number of aryl methyl sites for hydroxylation is 1. The summed E-state index contributed by atoms with van der Waals surface area (Å²) in [6.45, 7) is 6.38. The van der Waals surface area contributed by atoms with Crippen LogP contribution in [0.2, 0.25) is 0 Å². The molecule has 2 aromatic carbocycles. The Kier molecular flexibility index (Phi) is 7.83. The Hall–Kier alpha value is -2.22. The lowest BCUT2D eigenvalue weighted by molar-refractivity contribution is 0.424. The third-order valence-corrected chi connectivity index (χ3v) is 8.92. The smallest absolute Gasteiger partial charge is 0.243 e. The largest absolute Gasteiger partial charge is 0.316 e. The van der Waals surface area contributed by atoms with E-state index in [-0.39, 0.29) is 0 Å². The van der Waals surface area contributed by atoms with Crippen LogP contribution in [0.3, 0.4) is 0 Å². The molecule has 0 radical (unpaired) electrons. The average Bonchev–Trinajstić information content (AvgIpc) is 3.01. The highest BCUT2D eigenvalue weighted by Gasteiger charge is 2.25. The van der Waals surface area contributed by atoms with Gasteiger partial charge in [-0.3, -0.25) is 0 Å². The molecule has 0 atom stereocenters. The molecule has 7 heteroatoms. The van der Waals surface area contributed by atoms with Crippen molar-refractivity contribution in [3.05, 3.63) is 64.3 Å². The summed E-state index contributed by atoms with van der Waals surface area (Å²) >= 11 is 1.63. The van der Waals surface area contributed by atoms with Gasteiger partial charge in [0.15, 0.2) is 4.80 Å². The minimum Gasteiger partial charge on any atom is -0.316 e. The Morgan fingerprint density at radius 2 is 1.61 bits per heavy atom. The highest BCUT2D eigenvalue weighted by atomic mass is 32.2. The van der Waals surface area contributed by atoms with E-state index >= 15 is 0 Å². The number of thiazole rings is 1. The summed E-state index contributed by atoms with van der Waals surface area (Å²) in [5.41, 5.74) is 4.26. The standard InChI is InChI=1S/C26H33N3O2S2/c1-3-4-19-29-25(20-32-26(29)27-23-13-9-21(2)10-14-23)22-11-15-24(16-12-22)33(30,31)28-17-7-5-6-8-18-28/h9-16,20H,3-8,17-19H2,1-2H3. The van der Waals surface area contributed by atoms with Crippen LogP contribution in [0.4, 0.5) is 5.69 Å². The van der Waals surface area contributed by atoms with Crippen LogP contribution in [0.1, 0.15) is 51.0 Å². The Bertz CT molecular complexity index is 1220. The molecule has 0 unspecified atom stereocenters. The maximum atomic E-state index is 13.1. The number of unbranched alkanes of at least 4 members (excludes halogenated alkanes) is 1. The third-order valence-electron chi connectivity index (χ3n) is 6.14. The molecular formula is C26H33N3O2S2. The minimum absolute atomic E-state index is 0.382. The summed E-state index contributed by atoms with van der Waals surface area (Å²) in [5, 5.41) is 2.13. The molecule has 0 N–H and O–H groups in total. The summed E-state index contributed by atoms with van der Waals surface area (Å²) in [5.74, 6) is 0. The van der Waals surface area contributed by atoms with E-state index < -0.39 is 10.0 Å². The molecule has 2 heterocycles. The topological polar surface area (TPSA) is 54.7 Å². The van der Waals surface area contributed by atoms with E-state index in [1.165, 1.54) is 5.56 Å². The lowest BCUT2D eigenvalue weighted by atomic mass is 10.1. The number of hydrogen-bond acceptors (Lipinski definition) is 4. The van der Waals surface area contributed by atoms with Gasteiger partial charge in [-0.25, -0.2) is 13.4 Å². The van der Waals surface area contributed by atoms with Crippen molar-refractivity contribution in [2.75, 3.05) is 13.1 Å². The number of rotatable bonds is 7. The molecule has 1 aliphatic heterocycles. The molecule has 1 fully saturated rings. The molecular weight excluding hydrogens is 450 g/mol. The number of nitrogens with zero attached hydrogens (tertiary/aromatic N) is 3. The first kappa shape index (κ1) is 23.9. The SMILES string of the molecule is CCCCn1c(-c2ccc(S(=O)(=O)N3CCCCCC3)cc2)csc1=Nc1ccc(C)cc1. The molecule has 0 bridgehead atoms. The molecule has 4 rings (SSSR count). The van der Waals surface area contributed by atoms with Crippen molar-refractivity contribution in [3.63, 3.8) is 0 Å². The molecule has 1 saturated heterocycles. The fraction of sp³-hybridized carbons (Fsp3) is 0.423. The molecule has 0 spiro atoms. The molecule has 0 saturated carbocycles. The zero-order valence-corrected chi connectivity index (χ0v) is 21.2. The maximum absolute atomic E-state index is 13.1. The fourth-order valence-corrected chi connectivity index (χ4v) is 6.61. The molecule has 1 aromatic heterocycles. The van der Waals surface area contributed by atoms with Gasteiger partial charge in [0.1, 0.15) is 0 Å². The molecule has 33 heavy (non-hydrogen) atoms. The van der Waals surface area contributed by atoms with E-state index in [0.717, 1.165) is 66.8 Å². The van der Waals surface area contributed by atoms with E-state index in [9.17, 15) is 8.42 Å². The summed E-state index contributed by atoms with van der Waals surface area (Å²) in [4.78, 5) is 6.23. The van der Waals surface area contributed by atoms with E-state index in [1.807, 2.05) is 24.3 Å². The Balaban J connectivity index is 1.66. The molecule has 176 valence electrons. The van der Waals surface area contributed by atoms with E-state index in [0.29, 0.717) is 18.0 Å². The Labute approximate surface area is 201 Å². The van der Waals surface area contributed by atoms with Crippen LogP contribution in [0.5, 0.6) is 0 Å². The van der Waals surface area contributed by atoms with E-state index in [1.54, 1.807) is 27.8 Å². The van der Waals surface area contributed by atoms with Crippen molar-refractivity contribution in [1.29, 1.82) is 0 Å². The molecule has 5 nitrogen and oxygen atoms in total. The van der Waals surface area contributed by atoms with Crippen molar-refractivity contribution in [3.8, 4) is 11.3 Å². The average molecular weight is 484 g/mol. The Morgan fingerprint density at radius 3 is 2.24 bits per heavy atom. The highest BCUT2D eigenvalue weighted by Crippen LogP contribution is 2.26.